The molecular formula is C12H10N2OS. The first kappa shape index (κ1) is 10.8. The van der Waals surface area contributed by atoms with Gasteiger partial charge in [0, 0.05) is 17.5 Å². The first-order valence-corrected chi connectivity index (χ1v) is 5.83. The van der Waals surface area contributed by atoms with Crippen molar-refractivity contribution in [3.63, 3.8) is 0 Å². The molecule has 2 aromatic rings. The zero-order valence-electron chi connectivity index (χ0n) is 8.54. The third-order valence-corrected chi connectivity index (χ3v) is 2.93. The van der Waals surface area contributed by atoms with E-state index in [1.807, 2.05) is 42.5 Å². The van der Waals surface area contributed by atoms with Gasteiger partial charge in [-0.15, -0.1) is 0 Å². The Balaban J connectivity index is 1.95. The van der Waals surface area contributed by atoms with Gasteiger partial charge in [-0.05, 0) is 12.1 Å². The molecule has 3 nitrogen and oxygen atoms in total. The van der Waals surface area contributed by atoms with E-state index in [1.165, 1.54) is 11.8 Å². The van der Waals surface area contributed by atoms with E-state index in [2.05, 4.69) is 10.2 Å². The molecule has 16 heavy (non-hydrogen) atoms. The summed E-state index contributed by atoms with van der Waals surface area (Å²) in [7, 11) is 0. The number of thioether (sulfide) groups is 1. The highest BCUT2D eigenvalue weighted by molar-refractivity contribution is 8.13. The fraction of sp³-hybridized carbons (Fsp3) is 0.0833. The van der Waals surface area contributed by atoms with Crippen molar-refractivity contribution in [2.75, 3.05) is 0 Å². The second kappa shape index (κ2) is 5.42. The third kappa shape index (κ3) is 2.90. The van der Waals surface area contributed by atoms with E-state index in [0.29, 0.717) is 5.75 Å². The third-order valence-electron chi connectivity index (χ3n) is 1.99. The molecule has 0 fully saturated rings. The zero-order chi connectivity index (χ0) is 11.2. The van der Waals surface area contributed by atoms with Crippen LogP contribution in [0, 0.1) is 0 Å². The Labute approximate surface area is 97.9 Å². The summed E-state index contributed by atoms with van der Waals surface area (Å²) in [4.78, 5) is 11.7. The highest BCUT2D eigenvalue weighted by atomic mass is 32.2. The van der Waals surface area contributed by atoms with Crippen LogP contribution in [0.15, 0.2) is 48.7 Å². The molecule has 0 aliphatic rings. The second-order valence-electron chi connectivity index (χ2n) is 3.16. The SMILES string of the molecule is O=C(SCc1cccnn1)c1ccccc1. The minimum atomic E-state index is 0.0613. The van der Waals surface area contributed by atoms with Gasteiger partial charge in [-0.25, -0.2) is 0 Å². The molecule has 0 atom stereocenters. The molecule has 2 rings (SSSR count). The van der Waals surface area contributed by atoms with Crippen LogP contribution in [0.1, 0.15) is 16.1 Å². The van der Waals surface area contributed by atoms with E-state index >= 15 is 0 Å². The van der Waals surface area contributed by atoms with Crippen LogP contribution in [-0.4, -0.2) is 15.3 Å². The maximum Gasteiger partial charge on any atom is 0.219 e. The highest BCUT2D eigenvalue weighted by Crippen LogP contribution is 2.15. The van der Waals surface area contributed by atoms with Gasteiger partial charge >= 0.3 is 0 Å². The monoisotopic (exact) mass is 230 g/mol. The topological polar surface area (TPSA) is 42.9 Å². The van der Waals surface area contributed by atoms with Crippen LogP contribution >= 0.6 is 11.8 Å². The van der Waals surface area contributed by atoms with Crippen molar-refractivity contribution in [2.45, 2.75) is 5.75 Å². The Kier molecular flexibility index (Phi) is 3.66. The van der Waals surface area contributed by atoms with Crippen molar-refractivity contribution in [3.8, 4) is 0 Å². The number of benzene rings is 1. The molecule has 0 unspecified atom stereocenters. The fourth-order valence-electron chi connectivity index (χ4n) is 1.21. The van der Waals surface area contributed by atoms with Crippen LogP contribution < -0.4 is 0 Å². The summed E-state index contributed by atoms with van der Waals surface area (Å²) < 4.78 is 0. The van der Waals surface area contributed by atoms with Crippen molar-refractivity contribution >= 4 is 16.9 Å². The second-order valence-corrected chi connectivity index (χ2v) is 4.11. The van der Waals surface area contributed by atoms with E-state index in [-0.39, 0.29) is 5.12 Å². The Morgan fingerprint density at radius 3 is 2.62 bits per heavy atom. The van der Waals surface area contributed by atoms with E-state index < -0.39 is 0 Å². The van der Waals surface area contributed by atoms with E-state index in [4.69, 9.17) is 0 Å². The predicted octanol–water partition coefficient (Wildman–Crippen LogP) is 2.55. The van der Waals surface area contributed by atoms with Crippen molar-refractivity contribution in [2.24, 2.45) is 0 Å². The van der Waals surface area contributed by atoms with E-state index in [1.54, 1.807) is 6.20 Å². The average molecular weight is 230 g/mol. The van der Waals surface area contributed by atoms with Crippen molar-refractivity contribution in [1.82, 2.24) is 10.2 Å². The Bertz CT molecular complexity index is 459. The molecule has 1 aromatic carbocycles. The molecule has 0 aliphatic carbocycles. The lowest BCUT2D eigenvalue weighted by atomic mass is 10.2. The summed E-state index contributed by atoms with van der Waals surface area (Å²) in [5.41, 5.74) is 1.54. The summed E-state index contributed by atoms with van der Waals surface area (Å²) >= 11 is 1.24. The smallest absolute Gasteiger partial charge is 0.219 e. The maximum absolute atomic E-state index is 11.7. The van der Waals surface area contributed by atoms with Crippen LogP contribution in [0.5, 0.6) is 0 Å². The van der Waals surface area contributed by atoms with E-state index in [0.717, 1.165) is 11.3 Å². The van der Waals surface area contributed by atoms with Crippen LogP contribution in [-0.2, 0) is 5.75 Å². The molecule has 0 radical (unpaired) electrons. The van der Waals surface area contributed by atoms with Gasteiger partial charge in [-0.1, -0.05) is 42.1 Å². The molecule has 0 saturated heterocycles. The molecule has 0 N–H and O–H groups in total. The molecule has 0 saturated carbocycles. The van der Waals surface area contributed by atoms with Gasteiger partial charge in [0.05, 0.1) is 5.69 Å². The minimum Gasteiger partial charge on any atom is -0.282 e. The lowest BCUT2D eigenvalue weighted by Gasteiger charge is -1.99. The average Bonchev–Trinajstić information content (AvgIpc) is 2.38. The lowest BCUT2D eigenvalue weighted by molar-refractivity contribution is 0.108. The quantitative estimate of drug-likeness (QED) is 0.812. The molecule has 1 heterocycles. The largest absolute Gasteiger partial charge is 0.282 e. The van der Waals surface area contributed by atoms with Gasteiger partial charge in [0.15, 0.2) is 0 Å². The predicted molar refractivity (Wildman–Crippen MR) is 64.1 cm³/mol. The van der Waals surface area contributed by atoms with Crippen LogP contribution in [0.4, 0.5) is 0 Å². The lowest BCUT2D eigenvalue weighted by Crippen LogP contribution is -1.95. The first-order valence-electron chi connectivity index (χ1n) is 4.85. The van der Waals surface area contributed by atoms with Crippen molar-refractivity contribution in [1.29, 1.82) is 0 Å². The standard InChI is InChI=1S/C12H10N2OS/c15-12(10-5-2-1-3-6-10)16-9-11-7-4-8-13-14-11/h1-8H,9H2. The van der Waals surface area contributed by atoms with Gasteiger partial charge in [-0.2, -0.15) is 10.2 Å². The van der Waals surface area contributed by atoms with Gasteiger partial charge in [0.1, 0.15) is 0 Å². The number of nitrogens with zero attached hydrogens (tertiary/aromatic N) is 2. The van der Waals surface area contributed by atoms with Gasteiger partial charge in [0.25, 0.3) is 0 Å². The molecule has 0 spiro atoms. The summed E-state index contributed by atoms with van der Waals surface area (Å²) in [6.45, 7) is 0. The van der Waals surface area contributed by atoms with Crippen LogP contribution in [0.25, 0.3) is 0 Å². The summed E-state index contributed by atoms with van der Waals surface area (Å²) in [6.07, 6.45) is 1.62. The van der Waals surface area contributed by atoms with Crippen LogP contribution in [0.3, 0.4) is 0 Å². The highest BCUT2D eigenvalue weighted by Gasteiger charge is 2.06. The van der Waals surface area contributed by atoms with Crippen LogP contribution in [0.2, 0.25) is 0 Å². The first-order chi connectivity index (χ1) is 7.86. The van der Waals surface area contributed by atoms with Gasteiger partial charge in [0.2, 0.25) is 5.12 Å². The summed E-state index contributed by atoms with van der Waals surface area (Å²) in [5, 5.41) is 7.74. The normalized spacial score (nSPS) is 10.0. The molecule has 0 bridgehead atoms. The molecule has 1 aromatic heterocycles. The number of aromatic nitrogens is 2. The molecule has 80 valence electrons. The molecule has 0 amide bonds. The van der Waals surface area contributed by atoms with Crippen molar-refractivity contribution in [3.05, 3.63) is 59.9 Å². The molecule has 4 heteroatoms. The Morgan fingerprint density at radius 2 is 1.94 bits per heavy atom. The Hall–Kier alpha value is -1.68. The van der Waals surface area contributed by atoms with Gasteiger partial charge < -0.3 is 0 Å². The van der Waals surface area contributed by atoms with E-state index in [9.17, 15) is 4.79 Å². The molecular weight excluding hydrogens is 220 g/mol. The zero-order valence-corrected chi connectivity index (χ0v) is 9.35. The number of carbonyl (C=O) groups is 1. The molecule has 0 aliphatic heterocycles. The summed E-state index contributed by atoms with van der Waals surface area (Å²) in [6, 6.07) is 12.9. The Morgan fingerprint density at radius 1 is 1.12 bits per heavy atom. The number of hydrogen-bond acceptors (Lipinski definition) is 4. The number of rotatable bonds is 3. The summed E-state index contributed by atoms with van der Waals surface area (Å²) in [5.74, 6) is 0.557. The minimum absolute atomic E-state index is 0.0613. The number of carbonyl (C=O) groups excluding carboxylic acids is 1. The maximum atomic E-state index is 11.7. The van der Waals surface area contributed by atoms with Crippen molar-refractivity contribution < 1.29 is 4.79 Å². The van der Waals surface area contributed by atoms with Gasteiger partial charge in [-0.3, -0.25) is 4.79 Å². The fourth-order valence-corrected chi connectivity index (χ4v) is 1.94. The number of hydrogen-bond donors (Lipinski definition) is 0.